The third-order valence-electron chi connectivity index (χ3n) is 5.47. The number of carbonyl (C=O) groups excluding carboxylic acids is 1. The van der Waals surface area contributed by atoms with Crippen molar-refractivity contribution < 1.29 is 9.90 Å². The molecular weight excluding hydrogens is 264 g/mol. The summed E-state index contributed by atoms with van der Waals surface area (Å²) in [6.45, 7) is 1.19. The van der Waals surface area contributed by atoms with E-state index < -0.39 is 0 Å². The zero-order valence-electron chi connectivity index (χ0n) is 12.4. The number of nitrogens with two attached hydrogens (primary N) is 1. The van der Waals surface area contributed by atoms with Gasteiger partial charge in [-0.05, 0) is 37.2 Å². The molecule has 1 aromatic rings. The number of rotatable bonds is 2. The number of piperidine rings is 1. The molecule has 2 fully saturated rings. The molecule has 1 aromatic carbocycles. The first kappa shape index (κ1) is 14.4. The first-order valence-corrected chi connectivity index (χ1v) is 7.88. The maximum atomic E-state index is 11.5. The maximum absolute atomic E-state index is 11.5. The summed E-state index contributed by atoms with van der Waals surface area (Å²) in [6, 6.07) is 10.1. The smallest absolute Gasteiger partial charge is 0.314 e. The fraction of sp³-hybridized carbons (Fsp3) is 0.588. The van der Waals surface area contributed by atoms with Crippen LogP contribution in [0.1, 0.15) is 31.2 Å². The number of primary amides is 1. The van der Waals surface area contributed by atoms with Gasteiger partial charge < -0.3 is 15.7 Å². The Bertz CT molecular complexity index is 505. The van der Waals surface area contributed by atoms with E-state index in [-0.39, 0.29) is 17.6 Å². The highest BCUT2D eigenvalue weighted by Gasteiger charge is 2.51. The predicted molar refractivity (Wildman–Crippen MR) is 81.7 cm³/mol. The van der Waals surface area contributed by atoms with E-state index in [9.17, 15) is 9.90 Å². The van der Waals surface area contributed by atoms with Gasteiger partial charge >= 0.3 is 6.03 Å². The monoisotopic (exact) mass is 288 g/mol. The van der Waals surface area contributed by atoms with Crippen molar-refractivity contribution in [3.63, 3.8) is 0 Å². The van der Waals surface area contributed by atoms with Crippen LogP contribution in [0.5, 0.6) is 0 Å². The van der Waals surface area contributed by atoms with E-state index >= 15 is 0 Å². The van der Waals surface area contributed by atoms with Gasteiger partial charge in [0, 0.05) is 18.5 Å². The number of carbonyl (C=O) groups is 1. The molecule has 3 atom stereocenters. The van der Waals surface area contributed by atoms with Crippen LogP contribution < -0.4 is 5.73 Å². The molecule has 2 amide bonds. The van der Waals surface area contributed by atoms with Gasteiger partial charge in [-0.25, -0.2) is 4.79 Å². The van der Waals surface area contributed by atoms with Crippen LogP contribution in [-0.2, 0) is 6.42 Å². The quantitative estimate of drug-likeness (QED) is 0.875. The van der Waals surface area contributed by atoms with Gasteiger partial charge in [-0.1, -0.05) is 36.8 Å². The maximum Gasteiger partial charge on any atom is 0.314 e. The van der Waals surface area contributed by atoms with E-state index in [0.717, 1.165) is 25.7 Å². The van der Waals surface area contributed by atoms with E-state index in [1.54, 1.807) is 4.90 Å². The molecule has 21 heavy (non-hydrogen) atoms. The highest BCUT2D eigenvalue weighted by molar-refractivity contribution is 5.72. The topological polar surface area (TPSA) is 66.6 Å². The summed E-state index contributed by atoms with van der Waals surface area (Å²) in [5.74, 6) is 0.428. The predicted octanol–water partition coefficient (Wildman–Crippen LogP) is 2.16. The van der Waals surface area contributed by atoms with Crippen LogP contribution in [0.25, 0.3) is 0 Å². The van der Waals surface area contributed by atoms with Gasteiger partial charge in [0.1, 0.15) is 0 Å². The normalized spacial score (nSPS) is 32.5. The molecule has 1 heterocycles. The molecule has 1 saturated carbocycles. The van der Waals surface area contributed by atoms with Crippen molar-refractivity contribution in [1.82, 2.24) is 4.90 Å². The number of amides is 2. The minimum Gasteiger partial charge on any atom is -0.392 e. The van der Waals surface area contributed by atoms with Crippen molar-refractivity contribution in [3.8, 4) is 0 Å². The Hall–Kier alpha value is -1.55. The molecule has 3 N–H and O–H groups in total. The lowest BCUT2D eigenvalue weighted by Crippen LogP contribution is -2.56. The minimum atomic E-state index is -0.355. The van der Waals surface area contributed by atoms with Gasteiger partial charge in [-0.15, -0.1) is 0 Å². The van der Waals surface area contributed by atoms with Crippen molar-refractivity contribution in [2.24, 2.45) is 17.1 Å². The Morgan fingerprint density at radius 1 is 1.33 bits per heavy atom. The first-order chi connectivity index (χ1) is 10.1. The number of hydrogen-bond acceptors (Lipinski definition) is 2. The second kappa shape index (κ2) is 5.68. The molecule has 114 valence electrons. The zero-order chi connectivity index (χ0) is 14.9. The summed E-state index contributed by atoms with van der Waals surface area (Å²) in [5, 5.41) is 10.6. The molecule has 3 unspecified atom stereocenters. The summed E-state index contributed by atoms with van der Waals surface area (Å²) in [5.41, 5.74) is 6.62. The number of aliphatic hydroxyl groups is 1. The molecule has 1 saturated heterocycles. The van der Waals surface area contributed by atoms with Gasteiger partial charge in [0.15, 0.2) is 0 Å². The van der Waals surface area contributed by atoms with Crippen LogP contribution in [0.15, 0.2) is 30.3 Å². The summed E-state index contributed by atoms with van der Waals surface area (Å²) < 4.78 is 0. The molecule has 1 spiro atoms. The first-order valence-electron chi connectivity index (χ1n) is 7.88. The highest BCUT2D eigenvalue weighted by atomic mass is 16.3. The molecular formula is C17H24N2O2. The fourth-order valence-electron chi connectivity index (χ4n) is 4.31. The highest BCUT2D eigenvalue weighted by Crippen LogP contribution is 2.50. The molecule has 4 nitrogen and oxygen atoms in total. The Balaban J connectivity index is 1.81. The lowest BCUT2D eigenvalue weighted by atomic mass is 9.68. The van der Waals surface area contributed by atoms with Gasteiger partial charge in [0.25, 0.3) is 0 Å². The fourth-order valence-corrected chi connectivity index (χ4v) is 4.31. The van der Waals surface area contributed by atoms with Gasteiger partial charge in [0.05, 0.1) is 6.10 Å². The molecule has 0 radical (unpaired) electrons. The number of hydrogen-bond donors (Lipinski definition) is 2. The third-order valence-corrected chi connectivity index (χ3v) is 5.47. The minimum absolute atomic E-state index is 0.164. The van der Waals surface area contributed by atoms with Gasteiger partial charge in [-0.3, -0.25) is 0 Å². The van der Waals surface area contributed by atoms with Crippen LogP contribution in [0.3, 0.4) is 0 Å². The SMILES string of the molecule is NC(=O)N1CCC(O)C2(CCCC2Cc2ccccc2)C1. The lowest BCUT2D eigenvalue weighted by molar-refractivity contribution is -0.0565. The average molecular weight is 288 g/mol. The second-order valence-electron chi connectivity index (χ2n) is 6.58. The molecule has 1 aliphatic carbocycles. The van der Waals surface area contributed by atoms with Gasteiger partial charge in [-0.2, -0.15) is 0 Å². The lowest BCUT2D eigenvalue weighted by Gasteiger charge is -2.47. The Morgan fingerprint density at radius 2 is 2.10 bits per heavy atom. The van der Waals surface area contributed by atoms with Gasteiger partial charge in [0.2, 0.25) is 0 Å². The summed E-state index contributed by atoms with van der Waals surface area (Å²) >= 11 is 0. The van der Waals surface area contributed by atoms with Crippen LogP contribution in [0.2, 0.25) is 0 Å². The Morgan fingerprint density at radius 3 is 2.81 bits per heavy atom. The van der Waals surface area contributed by atoms with E-state index in [1.807, 2.05) is 6.07 Å². The van der Waals surface area contributed by atoms with Crippen molar-refractivity contribution >= 4 is 6.03 Å². The average Bonchev–Trinajstić information content (AvgIpc) is 2.86. The third kappa shape index (κ3) is 2.64. The number of likely N-dealkylation sites (tertiary alicyclic amines) is 1. The molecule has 0 aromatic heterocycles. The van der Waals surface area contributed by atoms with Crippen molar-refractivity contribution in [2.45, 2.75) is 38.2 Å². The Labute approximate surface area is 125 Å². The van der Waals surface area contributed by atoms with E-state index in [4.69, 9.17) is 5.73 Å². The van der Waals surface area contributed by atoms with E-state index in [0.29, 0.717) is 25.4 Å². The molecule has 2 aliphatic rings. The summed E-state index contributed by atoms with van der Waals surface area (Å²) in [4.78, 5) is 13.3. The van der Waals surface area contributed by atoms with Crippen LogP contribution in [0, 0.1) is 11.3 Å². The van der Waals surface area contributed by atoms with E-state index in [1.165, 1.54) is 5.56 Å². The van der Waals surface area contributed by atoms with Crippen LogP contribution >= 0.6 is 0 Å². The Kier molecular flexibility index (Phi) is 3.89. The summed E-state index contributed by atoms with van der Waals surface area (Å²) in [6.07, 6.45) is 4.55. The van der Waals surface area contributed by atoms with E-state index in [2.05, 4.69) is 24.3 Å². The van der Waals surface area contributed by atoms with Crippen molar-refractivity contribution in [3.05, 3.63) is 35.9 Å². The zero-order valence-corrected chi connectivity index (χ0v) is 12.4. The van der Waals surface area contributed by atoms with Crippen LogP contribution in [0.4, 0.5) is 4.79 Å². The van der Waals surface area contributed by atoms with Crippen molar-refractivity contribution in [1.29, 1.82) is 0 Å². The number of aliphatic hydroxyl groups excluding tert-OH is 1. The molecule has 3 rings (SSSR count). The number of nitrogens with zero attached hydrogens (tertiary/aromatic N) is 1. The molecule has 0 bridgehead atoms. The number of urea groups is 1. The standard InChI is InChI=1S/C17H24N2O2/c18-16(21)19-10-8-15(20)17(12-19)9-4-7-14(17)11-13-5-2-1-3-6-13/h1-3,5-6,14-15,20H,4,7-12H2,(H2,18,21). The van der Waals surface area contributed by atoms with Crippen LogP contribution in [-0.4, -0.2) is 35.2 Å². The molecule has 1 aliphatic heterocycles. The number of benzene rings is 1. The second-order valence-corrected chi connectivity index (χ2v) is 6.58. The summed E-state index contributed by atoms with van der Waals surface area (Å²) in [7, 11) is 0. The largest absolute Gasteiger partial charge is 0.392 e. The van der Waals surface area contributed by atoms with Crippen molar-refractivity contribution in [2.75, 3.05) is 13.1 Å². The molecule has 4 heteroatoms.